The molecule has 0 N–H and O–H groups in total. The molecule has 61 heavy (non-hydrogen) atoms. The fraction of sp³-hybridized carbons (Fsp3) is 0. The van der Waals surface area contributed by atoms with Gasteiger partial charge in [0, 0.05) is 17.1 Å². The number of anilines is 3. The lowest BCUT2D eigenvalue weighted by atomic mass is 9.89. The largest absolute Gasteiger partial charge is 0.310 e. The molecule has 11 aromatic carbocycles. The van der Waals surface area contributed by atoms with Gasteiger partial charge in [0.15, 0.2) is 0 Å². The first-order chi connectivity index (χ1) is 31.9. The molecule has 0 radical (unpaired) electrons. The van der Waals surface area contributed by atoms with Crippen LogP contribution in [0.5, 0.6) is 0 Å². The SMILES string of the molecule is [2H]c1c([2H])c(N(c2ccc(-c3c(-c4ccccc4)ccc4ccccc34)cc2)c2cccc(-c3cccc4ccccc34)c2)c([2H])c([2H])c1-c1ccc(-c2cccc3ccccc23)cc1. The molecule has 0 aliphatic carbocycles. The molecule has 0 spiro atoms. The third kappa shape index (κ3) is 6.83. The van der Waals surface area contributed by atoms with Crippen molar-refractivity contribution in [2.75, 3.05) is 4.90 Å². The van der Waals surface area contributed by atoms with Crippen molar-refractivity contribution < 1.29 is 5.48 Å². The Labute approximate surface area is 362 Å². The van der Waals surface area contributed by atoms with E-state index in [-0.39, 0.29) is 35.4 Å². The van der Waals surface area contributed by atoms with E-state index >= 15 is 0 Å². The van der Waals surface area contributed by atoms with Gasteiger partial charge in [-0.05, 0) is 124 Å². The lowest BCUT2D eigenvalue weighted by Crippen LogP contribution is -2.10. The van der Waals surface area contributed by atoms with Crippen LogP contribution in [0.3, 0.4) is 0 Å². The fourth-order valence-corrected chi connectivity index (χ4v) is 8.77. The number of hydrogen-bond donors (Lipinski definition) is 0. The topological polar surface area (TPSA) is 3.24 Å². The smallest absolute Gasteiger partial charge is 0.0645 e. The number of nitrogens with zero attached hydrogens (tertiary/aromatic N) is 1. The number of rotatable bonds is 8. The zero-order chi connectivity index (χ0) is 44.0. The minimum absolute atomic E-state index is 0.103. The van der Waals surface area contributed by atoms with Crippen LogP contribution < -0.4 is 4.90 Å². The van der Waals surface area contributed by atoms with Crippen LogP contribution in [0.25, 0.3) is 88.0 Å². The van der Waals surface area contributed by atoms with Gasteiger partial charge in [-0.15, -0.1) is 0 Å². The molecule has 11 rings (SSSR count). The molecule has 0 aromatic heterocycles. The van der Waals surface area contributed by atoms with Crippen molar-refractivity contribution in [2.24, 2.45) is 0 Å². The maximum absolute atomic E-state index is 9.70. The van der Waals surface area contributed by atoms with Crippen molar-refractivity contribution in [3.05, 3.63) is 249 Å². The standard InChI is InChI=1S/C60H41N/c1-2-13-46(14-3-1)59-40-35-47-17-6-9-24-58(47)60(59)49-33-38-52(39-34-49)61(53-21-10-20-50(41-53)57-26-12-19-45-16-5-8-23-55(45)57)51-36-31-43(32-37-51)42-27-29-48(30-28-42)56-25-11-18-44-15-4-7-22-54(44)56/h1-41H/i31D,32D,36D,37D. The summed E-state index contributed by atoms with van der Waals surface area (Å²) in [5.74, 6) is 0. The molecule has 286 valence electrons. The van der Waals surface area contributed by atoms with Crippen molar-refractivity contribution in [3.8, 4) is 55.6 Å². The van der Waals surface area contributed by atoms with E-state index < -0.39 is 0 Å². The Balaban J connectivity index is 1.07. The Bertz CT molecular complexity index is 3540. The maximum Gasteiger partial charge on any atom is 0.0645 e. The molecule has 0 saturated carbocycles. The van der Waals surface area contributed by atoms with E-state index in [0.29, 0.717) is 16.9 Å². The summed E-state index contributed by atoms with van der Waals surface area (Å²) in [7, 11) is 0. The van der Waals surface area contributed by atoms with Gasteiger partial charge < -0.3 is 4.90 Å². The van der Waals surface area contributed by atoms with E-state index in [1.54, 1.807) is 0 Å². The lowest BCUT2D eigenvalue weighted by Gasteiger charge is -2.27. The minimum atomic E-state index is -0.126. The molecule has 0 heterocycles. The summed E-state index contributed by atoms with van der Waals surface area (Å²) in [6.07, 6.45) is 0. The summed E-state index contributed by atoms with van der Waals surface area (Å²) in [5, 5.41) is 6.82. The summed E-state index contributed by atoms with van der Waals surface area (Å²) >= 11 is 0. The molecule has 0 saturated heterocycles. The average Bonchev–Trinajstić information content (AvgIpc) is 3.37. The van der Waals surface area contributed by atoms with Crippen LogP contribution in [0.4, 0.5) is 17.1 Å². The van der Waals surface area contributed by atoms with Crippen LogP contribution in [0.15, 0.2) is 249 Å². The van der Waals surface area contributed by atoms with Crippen molar-refractivity contribution in [3.63, 3.8) is 0 Å². The highest BCUT2D eigenvalue weighted by Gasteiger charge is 2.17. The van der Waals surface area contributed by atoms with E-state index in [0.717, 1.165) is 76.8 Å². The van der Waals surface area contributed by atoms with Crippen molar-refractivity contribution >= 4 is 49.4 Å². The summed E-state index contributed by atoms with van der Waals surface area (Å²) in [4.78, 5) is 1.88. The molecule has 0 bridgehead atoms. The van der Waals surface area contributed by atoms with Gasteiger partial charge in [-0.25, -0.2) is 0 Å². The molecule has 1 heteroatoms. The van der Waals surface area contributed by atoms with Gasteiger partial charge in [0.05, 0.1) is 5.48 Å². The monoisotopic (exact) mass is 779 g/mol. The van der Waals surface area contributed by atoms with Crippen molar-refractivity contribution in [1.29, 1.82) is 0 Å². The van der Waals surface area contributed by atoms with Gasteiger partial charge in [-0.1, -0.05) is 212 Å². The van der Waals surface area contributed by atoms with Crippen LogP contribution in [0, 0.1) is 0 Å². The van der Waals surface area contributed by atoms with Crippen LogP contribution >= 0.6 is 0 Å². The molecule has 0 atom stereocenters. The van der Waals surface area contributed by atoms with E-state index in [4.69, 9.17) is 0 Å². The maximum atomic E-state index is 9.70. The summed E-state index contributed by atoms with van der Waals surface area (Å²) in [5.41, 5.74) is 11.0. The predicted molar refractivity (Wildman–Crippen MR) is 261 cm³/mol. The zero-order valence-corrected chi connectivity index (χ0v) is 33.3. The quantitative estimate of drug-likeness (QED) is 0.148. The van der Waals surface area contributed by atoms with Gasteiger partial charge in [-0.3, -0.25) is 0 Å². The summed E-state index contributed by atoms with van der Waals surface area (Å²) in [6, 6.07) is 76.2. The molecule has 0 aliphatic heterocycles. The predicted octanol–water partition coefficient (Wildman–Crippen LogP) is 17.0. The van der Waals surface area contributed by atoms with E-state index in [9.17, 15) is 5.48 Å². The molecule has 0 amide bonds. The highest BCUT2D eigenvalue weighted by molar-refractivity contribution is 6.04. The molecular weight excluding hydrogens is 735 g/mol. The molecular formula is C60H41N. The number of fused-ring (bicyclic) bond motifs is 3. The zero-order valence-electron chi connectivity index (χ0n) is 37.3. The van der Waals surface area contributed by atoms with Crippen molar-refractivity contribution in [1.82, 2.24) is 0 Å². The van der Waals surface area contributed by atoms with Gasteiger partial charge in [-0.2, -0.15) is 0 Å². The normalized spacial score (nSPS) is 12.2. The highest BCUT2D eigenvalue weighted by atomic mass is 15.1. The second-order valence-corrected chi connectivity index (χ2v) is 15.4. The van der Waals surface area contributed by atoms with E-state index in [1.807, 2.05) is 83.8 Å². The highest BCUT2D eigenvalue weighted by Crippen LogP contribution is 2.42. The summed E-state index contributed by atoms with van der Waals surface area (Å²) < 4.78 is 38.5. The molecule has 0 unspecified atom stereocenters. The first-order valence-electron chi connectivity index (χ1n) is 22.7. The molecule has 0 fully saturated rings. The van der Waals surface area contributed by atoms with Crippen LogP contribution in [-0.4, -0.2) is 0 Å². The third-order valence-corrected chi connectivity index (χ3v) is 11.7. The Morgan fingerprint density at radius 3 is 1.43 bits per heavy atom. The van der Waals surface area contributed by atoms with Crippen LogP contribution in [-0.2, 0) is 0 Å². The number of hydrogen-bond acceptors (Lipinski definition) is 1. The summed E-state index contributed by atoms with van der Waals surface area (Å²) in [6.45, 7) is 0. The first-order valence-corrected chi connectivity index (χ1v) is 20.7. The fourth-order valence-electron chi connectivity index (χ4n) is 8.77. The van der Waals surface area contributed by atoms with Gasteiger partial charge in [0.2, 0.25) is 0 Å². The van der Waals surface area contributed by atoms with Gasteiger partial charge >= 0.3 is 0 Å². The first kappa shape index (κ1) is 31.9. The Hall–Kier alpha value is -8.00. The Morgan fingerprint density at radius 1 is 0.262 bits per heavy atom. The van der Waals surface area contributed by atoms with Crippen LogP contribution in [0.1, 0.15) is 5.48 Å². The van der Waals surface area contributed by atoms with Crippen LogP contribution in [0.2, 0.25) is 0 Å². The number of benzene rings is 11. The van der Waals surface area contributed by atoms with Gasteiger partial charge in [0.25, 0.3) is 0 Å². The Kier molecular flexibility index (Phi) is 8.18. The average molecular weight is 780 g/mol. The minimum Gasteiger partial charge on any atom is -0.310 e. The lowest BCUT2D eigenvalue weighted by molar-refractivity contribution is 1.28. The second kappa shape index (κ2) is 15.6. The van der Waals surface area contributed by atoms with E-state index in [2.05, 4.69) is 146 Å². The molecule has 1 nitrogen and oxygen atoms in total. The molecule has 0 aliphatic rings. The van der Waals surface area contributed by atoms with E-state index in [1.165, 1.54) is 0 Å². The third-order valence-electron chi connectivity index (χ3n) is 11.7. The van der Waals surface area contributed by atoms with Gasteiger partial charge in [0.1, 0.15) is 0 Å². The second-order valence-electron chi connectivity index (χ2n) is 15.4. The Morgan fingerprint density at radius 2 is 0.754 bits per heavy atom. The molecule has 11 aromatic rings. The van der Waals surface area contributed by atoms with Crippen molar-refractivity contribution in [2.45, 2.75) is 0 Å².